The van der Waals surface area contributed by atoms with Gasteiger partial charge in [-0.05, 0) is 31.9 Å². The second-order valence-electron chi connectivity index (χ2n) is 3.92. The van der Waals surface area contributed by atoms with Gasteiger partial charge in [0.15, 0.2) is 0 Å². The Hall–Kier alpha value is -1.09. The number of aliphatic hydroxyl groups is 1. The molecule has 0 saturated heterocycles. The third-order valence-corrected chi connectivity index (χ3v) is 3.07. The van der Waals surface area contributed by atoms with E-state index in [1.54, 1.807) is 13.3 Å². The molecule has 1 aromatic rings. The van der Waals surface area contributed by atoms with Crippen LogP contribution in [0.25, 0.3) is 0 Å². The zero-order valence-electron chi connectivity index (χ0n) is 8.53. The van der Waals surface area contributed by atoms with Crippen LogP contribution in [-0.4, -0.2) is 23.3 Å². The van der Waals surface area contributed by atoms with E-state index >= 15 is 0 Å². The standard InChI is InChI=1S/C11H15NO2/c1-8(13)11(5-6-11)10-4-3-9(14-2)7-12-10/h3-4,7-8,13H,5-6H2,1-2H3. The Bertz CT molecular complexity index is 315. The number of ether oxygens (including phenoxy) is 1. The van der Waals surface area contributed by atoms with E-state index in [2.05, 4.69) is 4.98 Å². The van der Waals surface area contributed by atoms with Gasteiger partial charge in [0.2, 0.25) is 0 Å². The van der Waals surface area contributed by atoms with Crippen LogP contribution in [0.3, 0.4) is 0 Å². The van der Waals surface area contributed by atoms with E-state index in [-0.39, 0.29) is 11.5 Å². The van der Waals surface area contributed by atoms with E-state index in [0.717, 1.165) is 24.3 Å². The predicted octanol–water partition coefficient (Wildman–Crippen LogP) is 1.50. The molecule has 1 fully saturated rings. The first-order valence-electron chi connectivity index (χ1n) is 4.87. The van der Waals surface area contributed by atoms with E-state index < -0.39 is 0 Å². The molecular weight excluding hydrogens is 178 g/mol. The van der Waals surface area contributed by atoms with Crippen LogP contribution in [0, 0.1) is 0 Å². The summed E-state index contributed by atoms with van der Waals surface area (Å²) in [7, 11) is 1.62. The summed E-state index contributed by atoms with van der Waals surface area (Å²) < 4.78 is 5.04. The average Bonchev–Trinajstić information content (AvgIpc) is 2.99. The van der Waals surface area contributed by atoms with Gasteiger partial charge in [0.25, 0.3) is 0 Å². The highest BCUT2D eigenvalue weighted by molar-refractivity contribution is 5.30. The van der Waals surface area contributed by atoms with Crippen molar-refractivity contribution in [1.82, 2.24) is 4.98 Å². The van der Waals surface area contributed by atoms with Gasteiger partial charge in [-0.2, -0.15) is 0 Å². The molecule has 14 heavy (non-hydrogen) atoms. The van der Waals surface area contributed by atoms with Crippen LogP contribution in [0.2, 0.25) is 0 Å². The minimum absolute atomic E-state index is 0.0771. The van der Waals surface area contributed by atoms with Crippen molar-refractivity contribution in [3.05, 3.63) is 24.0 Å². The average molecular weight is 193 g/mol. The lowest BCUT2D eigenvalue weighted by Gasteiger charge is -2.17. The van der Waals surface area contributed by atoms with Crippen LogP contribution in [0.1, 0.15) is 25.5 Å². The van der Waals surface area contributed by atoms with Gasteiger partial charge in [0.1, 0.15) is 5.75 Å². The molecule has 1 N–H and O–H groups in total. The topological polar surface area (TPSA) is 42.4 Å². The molecule has 3 heteroatoms. The van der Waals surface area contributed by atoms with Crippen molar-refractivity contribution in [1.29, 1.82) is 0 Å². The largest absolute Gasteiger partial charge is 0.495 e. The molecule has 1 aromatic heterocycles. The number of hydrogen-bond donors (Lipinski definition) is 1. The molecule has 0 aliphatic heterocycles. The molecule has 1 unspecified atom stereocenters. The fraction of sp³-hybridized carbons (Fsp3) is 0.545. The molecule has 0 radical (unpaired) electrons. The Morgan fingerprint density at radius 1 is 1.50 bits per heavy atom. The molecule has 1 aliphatic carbocycles. The van der Waals surface area contributed by atoms with Gasteiger partial charge in [0.05, 0.1) is 19.4 Å². The first-order valence-corrected chi connectivity index (χ1v) is 4.87. The molecule has 0 amide bonds. The zero-order chi connectivity index (χ0) is 10.2. The fourth-order valence-corrected chi connectivity index (χ4v) is 1.82. The Kier molecular flexibility index (Phi) is 2.19. The molecule has 0 bridgehead atoms. The van der Waals surface area contributed by atoms with Gasteiger partial charge in [-0.15, -0.1) is 0 Å². The highest BCUT2D eigenvalue weighted by atomic mass is 16.5. The minimum atomic E-state index is -0.316. The smallest absolute Gasteiger partial charge is 0.137 e. The van der Waals surface area contributed by atoms with Crippen molar-refractivity contribution in [2.45, 2.75) is 31.3 Å². The predicted molar refractivity (Wildman–Crippen MR) is 53.4 cm³/mol. The first kappa shape index (κ1) is 9.46. The summed E-state index contributed by atoms with van der Waals surface area (Å²) in [5, 5.41) is 9.65. The lowest BCUT2D eigenvalue weighted by atomic mass is 9.96. The van der Waals surface area contributed by atoms with Crippen molar-refractivity contribution >= 4 is 0 Å². The molecule has 0 aromatic carbocycles. The van der Waals surface area contributed by atoms with E-state index in [4.69, 9.17) is 4.74 Å². The Labute approximate surface area is 83.7 Å². The molecule has 1 atom stereocenters. The number of rotatable bonds is 3. The van der Waals surface area contributed by atoms with Crippen molar-refractivity contribution in [2.75, 3.05) is 7.11 Å². The third kappa shape index (κ3) is 1.38. The highest BCUT2D eigenvalue weighted by Crippen LogP contribution is 2.50. The molecule has 0 spiro atoms. The van der Waals surface area contributed by atoms with Gasteiger partial charge >= 0.3 is 0 Å². The normalized spacial score (nSPS) is 20.2. The number of aromatic nitrogens is 1. The van der Waals surface area contributed by atoms with Gasteiger partial charge < -0.3 is 9.84 Å². The molecule has 1 saturated carbocycles. The van der Waals surface area contributed by atoms with Crippen LogP contribution in [0.15, 0.2) is 18.3 Å². The third-order valence-electron chi connectivity index (χ3n) is 3.07. The van der Waals surface area contributed by atoms with Crippen molar-refractivity contribution in [3.63, 3.8) is 0 Å². The number of nitrogens with zero attached hydrogens (tertiary/aromatic N) is 1. The van der Waals surface area contributed by atoms with Crippen molar-refractivity contribution in [3.8, 4) is 5.75 Å². The summed E-state index contributed by atoms with van der Waals surface area (Å²) in [5.41, 5.74) is 0.903. The van der Waals surface area contributed by atoms with E-state index in [1.807, 2.05) is 19.1 Å². The number of hydrogen-bond acceptors (Lipinski definition) is 3. The quantitative estimate of drug-likeness (QED) is 0.791. The van der Waals surface area contributed by atoms with Crippen LogP contribution < -0.4 is 4.74 Å². The first-order chi connectivity index (χ1) is 6.69. The van der Waals surface area contributed by atoms with Gasteiger partial charge in [-0.25, -0.2) is 0 Å². The van der Waals surface area contributed by atoms with Gasteiger partial charge in [0, 0.05) is 11.1 Å². The van der Waals surface area contributed by atoms with E-state index in [9.17, 15) is 5.11 Å². The van der Waals surface area contributed by atoms with Crippen LogP contribution in [-0.2, 0) is 5.41 Å². The summed E-state index contributed by atoms with van der Waals surface area (Å²) in [5.74, 6) is 0.759. The lowest BCUT2D eigenvalue weighted by molar-refractivity contribution is 0.148. The Balaban J connectivity index is 2.25. The summed E-state index contributed by atoms with van der Waals surface area (Å²) in [6.07, 6.45) is 3.45. The monoisotopic (exact) mass is 193 g/mol. The SMILES string of the molecule is COc1ccc(C2(C(C)O)CC2)nc1. The van der Waals surface area contributed by atoms with E-state index in [1.165, 1.54) is 0 Å². The lowest BCUT2D eigenvalue weighted by Crippen LogP contribution is -2.23. The Morgan fingerprint density at radius 3 is 2.57 bits per heavy atom. The zero-order valence-corrected chi connectivity index (χ0v) is 8.53. The summed E-state index contributed by atoms with van der Waals surface area (Å²) in [6, 6.07) is 3.84. The van der Waals surface area contributed by atoms with Crippen LogP contribution >= 0.6 is 0 Å². The molecule has 1 heterocycles. The molecule has 2 rings (SSSR count). The summed E-state index contributed by atoms with van der Waals surface area (Å²) in [6.45, 7) is 1.83. The number of methoxy groups -OCH3 is 1. The summed E-state index contributed by atoms with van der Waals surface area (Å²) >= 11 is 0. The van der Waals surface area contributed by atoms with Crippen LogP contribution in [0.4, 0.5) is 0 Å². The maximum atomic E-state index is 9.65. The molecule has 76 valence electrons. The molecule has 3 nitrogen and oxygen atoms in total. The van der Waals surface area contributed by atoms with Gasteiger partial charge in [-0.1, -0.05) is 0 Å². The van der Waals surface area contributed by atoms with E-state index in [0.29, 0.717) is 0 Å². The second kappa shape index (κ2) is 3.24. The van der Waals surface area contributed by atoms with Crippen molar-refractivity contribution in [2.24, 2.45) is 0 Å². The number of pyridine rings is 1. The highest BCUT2D eigenvalue weighted by Gasteiger charge is 2.49. The fourth-order valence-electron chi connectivity index (χ4n) is 1.82. The number of aliphatic hydroxyl groups excluding tert-OH is 1. The maximum Gasteiger partial charge on any atom is 0.137 e. The van der Waals surface area contributed by atoms with Gasteiger partial charge in [-0.3, -0.25) is 4.98 Å². The van der Waals surface area contributed by atoms with Crippen molar-refractivity contribution < 1.29 is 9.84 Å². The molecular formula is C11H15NO2. The summed E-state index contributed by atoms with van der Waals surface area (Å²) in [4.78, 5) is 4.32. The molecule has 1 aliphatic rings. The Morgan fingerprint density at radius 2 is 2.21 bits per heavy atom. The maximum absolute atomic E-state index is 9.65. The second-order valence-corrected chi connectivity index (χ2v) is 3.92. The minimum Gasteiger partial charge on any atom is -0.495 e. The van der Waals surface area contributed by atoms with Crippen LogP contribution in [0.5, 0.6) is 5.75 Å².